The van der Waals surface area contributed by atoms with E-state index in [4.69, 9.17) is 0 Å². The van der Waals surface area contributed by atoms with Crippen molar-refractivity contribution in [1.82, 2.24) is 5.32 Å². The van der Waals surface area contributed by atoms with Crippen LogP contribution in [0, 0.1) is 0 Å². The molecular formula is C8H16N2S. The van der Waals surface area contributed by atoms with Gasteiger partial charge in [0, 0.05) is 13.1 Å². The third kappa shape index (κ3) is 2.12. The second kappa shape index (κ2) is 3.48. The minimum absolute atomic E-state index is 0.167. The molecule has 1 rings (SSSR count). The largest absolute Gasteiger partial charge is 0.373 e. The van der Waals surface area contributed by atoms with Gasteiger partial charge in [0.05, 0.1) is 4.75 Å². The number of rotatable bonds is 2. The fraction of sp³-hybridized carbons (Fsp3) is 0.875. The molecule has 0 fully saturated rings. The SMILES string of the molecule is CSC(C)(C)C1=NCCCN1. The van der Waals surface area contributed by atoms with Crippen LogP contribution >= 0.6 is 11.8 Å². The van der Waals surface area contributed by atoms with Gasteiger partial charge in [-0.2, -0.15) is 11.8 Å². The first kappa shape index (κ1) is 8.91. The Morgan fingerprint density at radius 1 is 1.55 bits per heavy atom. The Morgan fingerprint density at radius 2 is 2.27 bits per heavy atom. The Balaban J connectivity index is 2.64. The molecule has 1 aliphatic heterocycles. The molecule has 0 amide bonds. The smallest absolute Gasteiger partial charge is 0.112 e. The van der Waals surface area contributed by atoms with E-state index in [-0.39, 0.29) is 4.75 Å². The highest BCUT2D eigenvalue weighted by atomic mass is 32.2. The van der Waals surface area contributed by atoms with Crippen LogP contribution in [-0.4, -0.2) is 29.9 Å². The van der Waals surface area contributed by atoms with Gasteiger partial charge < -0.3 is 5.32 Å². The highest BCUT2D eigenvalue weighted by Gasteiger charge is 2.24. The molecule has 0 aliphatic carbocycles. The summed E-state index contributed by atoms with van der Waals surface area (Å²) in [4.78, 5) is 4.46. The molecule has 0 bridgehead atoms. The van der Waals surface area contributed by atoms with Crippen LogP contribution in [0.5, 0.6) is 0 Å². The summed E-state index contributed by atoms with van der Waals surface area (Å²) in [6.07, 6.45) is 3.30. The maximum Gasteiger partial charge on any atom is 0.112 e. The molecule has 1 heterocycles. The van der Waals surface area contributed by atoms with Crippen LogP contribution in [-0.2, 0) is 0 Å². The van der Waals surface area contributed by atoms with Gasteiger partial charge in [0.25, 0.3) is 0 Å². The molecule has 0 spiro atoms. The molecule has 2 nitrogen and oxygen atoms in total. The third-order valence-electron chi connectivity index (χ3n) is 1.98. The van der Waals surface area contributed by atoms with Crippen LogP contribution in [0.1, 0.15) is 20.3 Å². The number of aliphatic imine (C=N–C) groups is 1. The molecule has 11 heavy (non-hydrogen) atoms. The van der Waals surface area contributed by atoms with Crippen molar-refractivity contribution in [3.05, 3.63) is 0 Å². The first-order chi connectivity index (χ1) is 5.17. The van der Waals surface area contributed by atoms with Crippen molar-refractivity contribution in [3.63, 3.8) is 0 Å². The minimum atomic E-state index is 0.167. The molecule has 0 aromatic heterocycles. The van der Waals surface area contributed by atoms with Crippen molar-refractivity contribution in [2.75, 3.05) is 19.3 Å². The van der Waals surface area contributed by atoms with E-state index in [1.54, 1.807) is 0 Å². The van der Waals surface area contributed by atoms with Crippen molar-refractivity contribution in [1.29, 1.82) is 0 Å². The summed E-state index contributed by atoms with van der Waals surface area (Å²) in [7, 11) is 0. The van der Waals surface area contributed by atoms with E-state index in [2.05, 4.69) is 30.4 Å². The zero-order chi connectivity index (χ0) is 8.32. The van der Waals surface area contributed by atoms with Crippen LogP contribution < -0.4 is 5.32 Å². The zero-order valence-electron chi connectivity index (χ0n) is 7.48. The highest BCUT2D eigenvalue weighted by molar-refractivity contribution is 8.00. The van der Waals surface area contributed by atoms with Crippen LogP contribution in [0.4, 0.5) is 0 Å². The van der Waals surface area contributed by atoms with Crippen molar-refractivity contribution < 1.29 is 0 Å². The van der Waals surface area contributed by atoms with Gasteiger partial charge in [-0.3, -0.25) is 4.99 Å². The van der Waals surface area contributed by atoms with Crippen molar-refractivity contribution in [2.24, 2.45) is 4.99 Å². The number of nitrogens with zero attached hydrogens (tertiary/aromatic N) is 1. The maximum absolute atomic E-state index is 4.46. The van der Waals surface area contributed by atoms with Crippen molar-refractivity contribution in [2.45, 2.75) is 25.0 Å². The van der Waals surface area contributed by atoms with Gasteiger partial charge in [-0.1, -0.05) is 0 Å². The second-order valence-electron chi connectivity index (χ2n) is 3.23. The lowest BCUT2D eigenvalue weighted by molar-refractivity contribution is 0.705. The van der Waals surface area contributed by atoms with Crippen LogP contribution in [0.2, 0.25) is 0 Å². The fourth-order valence-electron chi connectivity index (χ4n) is 1.03. The summed E-state index contributed by atoms with van der Waals surface area (Å²) in [5.74, 6) is 1.16. The van der Waals surface area contributed by atoms with Crippen molar-refractivity contribution >= 4 is 17.6 Å². The maximum atomic E-state index is 4.46. The summed E-state index contributed by atoms with van der Waals surface area (Å²) in [5.41, 5.74) is 0. The summed E-state index contributed by atoms with van der Waals surface area (Å²) in [6, 6.07) is 0. The van der Waals surface area contributed by atoms with E-state index < -0.39 is 0 Å². The third-order valence-corrected chi connectivity index (χ3v) is 3.19. The zero-order valence-corrected chi connectivity index (χ0v) is 8.29. The Labute approximate surface area is 72.9 Å². The lowest BCUT2D eigenvalue weighted by Crippen LogP contribution is -2.42. The van der Waals surface area contributed by atoms with Gasteiger partial charge in [0.2, 0.25) is 0 Å². The van der Waals surface area contributed by atoms with Gasteiger partial charge in [-0.25, -0.2) is 0 Å². The molecular weight excluding hydrogens is 156 g/mol. The molecule has 0 aromatic carbocycles. The quantitative estimate of drug-likeness (QED) is 0.683. The summed E-state index contributed by atoms with van der Waals surface area (Å²) in [5, 5.41) is 3.34. The standard InChI is InChI=1S/C8H16N2S/c1-8(2,11-3)7-9-5-4-6-10-7/h4-6H2,1-3H3,(H,9,10). The van der Waals surface area contributed by atoms with Gasteiger partial charge in [0.15, 0.2) is 0 Å². The summed E-state index contributed by atoms with van der Waals surface area (Å²) >= 11 is 1.84. The minimum Gasteiger partial charge on any atom is -0.373 e. The average Bonchev–Trinajstić information content (AvgIpc) is 2.06. The van der Waals surface area contributed by atoms with Gasteiger partial charge >= 0.3 is 0 Å². The molecule has 0 aromatic rings. The number of amidine groups is 1. The highest BCUT2D eigenvalue weighted by Crippen LogP contribution is 2.22. The van der Waals surface area contributed by atoms with E-state index in [9.17, 15) is 0 Å². The predicted octanol–water partition coefficient (Wildman–Crippen LogP) is 1.52. The molecule has 0 radical (unpaired) electrons. The molecule has 64 valence electrons. The van der Waals surface area contributed by atoms with Crippen LogP contribution in [0.15, 0.2) is 4.99 Å². The Bertz CT molecular complexity index is 163. The average molecular weight is 172 g/mol. The Morgan fingerprint density at radius 3 is 2.73 bits per heavy atom. The molecule has 0 unspecified atom stereocenters. The second-order valence-corrected chi connectivity index (χ2v) is 4.65. The molecule has 1 aliphatic rings. The lowest BCUT2D eigenvalue weighted by Gasteiger charge is -2.27. The molecule has 0 saturated carbocycles. The van der Waals surface area contributed by atoms with Crippen molar-refractivity contribution in [3.8, 4) is 0 Å². The fourth-order valence-corrected chi connectivity index (χ4v) is 1.36. The Kier molecular flexibility index (Phi) is 2.82. The normalized spacial score (nSPS) is 19.0. The first-order valence-electron chi connectivity index (χ1n) is 4.01. The van der Waals surface area contributed by atoms with E-state index >= 15 is 0 Å². The lowest BCUT2D eigenvalue weighted by atomic mass is 10.1. The number of nitrogens with one attached hydrogen (secondary N) is 1. The van der Waals surface area contributed by atoms with Gasteiger partial charge in [-0.15, -0.1) is 0 Å². The molecule has 0 atom stereocenters. The number of hydrogen-bond acceptors (Lipinski definition) is 3. The topological polar surface area (TPSA) is 24.4 Å². The molecule has 0 saturated heterocycles. The molecule has 1 N–H and O–H groups in total. The number of hydrogen-bond donors (Lipinski definition) is 1. The molecule has 3 heteroatoms. The monoisotopic (exact) mass is 172 g/mol. The van der Waals surface area contributed by atoms with E-state index in [0.717, 1.165) is 18.9 Å². The van der Waals surface area contributed by atoms with Gasteiger partial charge in [0.1, 0.15) is 5.84 Å². The first-order valence-corrected chi connectivity index (χ1v) is 5.23. The van der Waals surface area contributed by atoms with Gasteiger partial charge in [-0.05, 0) is 26.5 Å². The summed E-state index contributed by atoms with van der Waals surface area (Å²) in [6.45, 7) is 6.48. The van der Waals surface area contributed by atoms with E-state index in [1.165, 1.54) is 6.42 Å². The van der Waals surface area contributed by atoms with E-state index in [0.29, 0.717) is 0 Å². The van der Waals surface area contributed by atoms with Crippen LogP contribution in [0.3, 0.4) is 0 Å². The van der Waals surface area contributed by atoms with Crippen LogP contribution in [0.25, 0.3) is 0 Å². The number of thioether (sulfide) groups is 1. The summed E-state index contributed by atoms with van der Waals surface area (Å²) < 4.78 is 0.167. The Hall–Kier alpha value is -0.180. The van der Waals surface area contributed by atoms with E-state index in [1.807, 2.05) is 11.8 Å². The predicted molar refractivity (Wildman–Crippen MR) is 52.5 cm³/mol.